The Labute approximate surface area is 154 Å². The van der Waals surface area contributed by atoms with Crippen molar-refractivity contribution in [2.45, 2.75) is 23.7 Å². The van der Waals surface area contributed by atoms with Gasteiger partial charge in [0, 0.05) is 24.2 Å². The highest BCUT2D eigenvalue weighted by molar-refractivity contribution is 7.89. The summed E-state index contributed by atoms with van der Waals surface area (Å²) in [6, 6.07) is 10.4. The second-order valence-corrected chi connectivity index (χ2v) is 8.34. The van der Waals surface area contributed by atoms with Crippen LogP contribution in [0.1, 0.15) is 34.1 Å². The molecule has 2 aromatic carbocycles. The largest absolute Gasteiger partial charge is 0.416 e. The Balaban J connectivity index is 1.80. The molecular formula is C18H15F3N2O3S. The monoisotopic (exact) mass is 396 g/mol. The number of carbonyl (C=O) groups excluding carboxylic acids is 1. The van der Waals surface area contributed by atoms with Crippen LogP contribution in [0.25, 0.3) is 0 Å². The van der Waals surface area contributed by atoms with Crippen molar-refractivity contribution in [2.24, 2.45) is 0 Å². The Morgan fingerprint density at radius 1 is 1.00 bits per heavy atom. The molecule has 142 valence electrons. The molecule has 2 aliphatic rings. The summed E-state index contributed by atoms with van der Waals surface area (Å²) in [6.45, 7) is 0.522. The predicted octanol–water partition coefficient (Wildman–Crippen LogP) is 3.25. The maximum Gasteiger partial charge on any atom is 0.416 e. The molecule has 27 heavy (non-hydrogen) atoms. The number of fused-ring (bicyclic) bond motifs is 3. The first kappa shape index (κ1) is 18.0. The van der Waals surface area contributed by atoms with Gasteiger partial charge in [-0.2, -0.15) is 17.5 Å². The molecule has 2 aromatic rings. The number of hydrogen-bond acceptors (Lipinski definition) is 3. The van der Waals surface area contributed by atoms with E-state index >= 15 is 0 Å². The molecule has 0 N–H and O–H groups in total. The number of rotatable bonds is 2. The summed E-state index contributed by atoms with van der Waals surface area (Å²) >= 11 is 0. The Morgan fingerprint density at radius 3 is 2.48 bits per heavy atom. The molecule has 0 spiro atoms. The number of hydrogen-bond donors (Lipinski definition) is 0. The van der Waals surface area contributed by atoms with Gasteiger partial charge < -0.3 is 4.90 Å². The summed E-state index contributed by atoms with van der Waals surface area (Å²) in [4.78, 5) is 13.6. The normalized spacial score (nSPS) is 20.5. The number of amides is 1. The highest BCUT2D eigenvalue weighted by Crippen LogP contribution is 2.41. The molecule has 1 amide bonds. The molecule has 0 aromatic heterocycles. The molecule has 1 atom stereocenters. The molecule has 0 saturated carbocycles. The smallest absolute Gasteiger partial charge is 0.318 e. The van der Waals surface area contributed by atoms with E-state index in [1.54, 1.807) is 24.3 Å². The van der Waals surface area contributed by atoms with Crippen LogP contribution in [0.15, 0.2) is 53.4 Å². The summed E-state index contributed by atoms with van der Waals surface area (Å²) < 4.78 is 66.4. The molecule has 0 radical (unpaired) electrons. The minimum atomic E-state index is -4.64. The maximum absolute atomic E-state index is 13.1. The SMILES string of the molecule is O=C1c2ccccc2C2N1CCCN2S(=O)(=O)c1cccc(C(F)(F)F)c1. The molecule has 1 fully saturated rings. The van der Waals surface area contributed by atoms with Crippen molar-refractivity contribution < 1.29 is 26.4 Å². The van der Waals surface area contributed by atoms with E-state index in [4.69, 9.17) is 0 Å². The summed E-state index contributed by atoms with van der Waals surface area (Å²) in [7, 11) is -4.23. The average Bonchev–Trinajstić information content (AvgIpc) is 2.94. The Kier molecular flexibility index (Phi) is 4.04. The number of nitrogens with zero attached hydrogens (tertiary/aromatic N) is 2. The minimum Gasteiger partial charge on any atom is -0.318 e. The Hall–Kier alpha value is -2.39. The Bertz CT molecular complexity index is 1020. The van der Waals surface area contributed by atoms with Crippen molar-refractivity contribution in [1.82, 2.24) is 9.21 Å². The Morgan fingerprint density at radius 2 is 1.74 bits per heavy atom. The third-order valence-corrected chi connectivity index (χ3v) is 6.69. The van der Waals surface area contributed by atoms with Crippen molar-refractivity contribution in [2.75, 3.05) is 13.1 Å². The van der Waals surface area contributed by atoms with Crippen molar-refractivity contribution in [1.29, 1.82) is 0 Å². The van der Waals surface area contributed by atoms with Gasteiger partial charge in [-0.3, -0.25) is 4.79 Å². The van der Waals surface area contributed by atoms with Crippen LogP contribution in [0.3, 0.4) is 0 Å². The van der Waals surface area contributed by atoms with Gasteiger partial charge in [-0.05, 0) is 30.7 Å². The van der Waals surface area contributed by atoms with Crippen molar-refractivity contribution in [3.8, 4) is 0 Å². The van der Waals surface area contributed by atoms with Gasteiger partial charge in [-0.25, -0.2) is 8.42 Å². The van der Waals surface area contributed by atoms with Crippen molar-refractivity contribution in [3.05, 3.63) is 65.2 Å². The third-order valence-electron chi connectivity index (χ3n) is 4.84. The number of alkyl halides is 3. The zero-order valence-corrected chi connectivity index (χ0v) is 14.8. The number of halogens is 3. The molecule has 1 saturated heterocycles. The molecule has 0 bridgehead atoms. The van der Waals surface area contributed by atoms with Gasteiger partial charge in [-0.1, -0.05) is 24.3 Å². The van der Waals surface area contributed by atoms with Crippen LogP contribution in [0.5, 0.6) is 0 Å². The predicted molar refractivity (Wildman–Crippen MR) is 90.2 cm³/mol. The minimum absolute atomic E-state index is 0.126. The zero-order valence-electron chi connectivity index (χ0n) is 14.0. The molecule has 2 aliphatic heterocycles. The molecule has 0 aliphatic carbocycles. The lowest BCUT2D eigenvalue weighted by molar-refractivity contribution is -0.137. The lowest BCUT2D eigenvalue weighted by Gasteiger charge is -2.39. The molecular weight excluding hydrogens is 381 g/mol. The first-order chi connectivity index (χ1) is 12.7. The molecule has 1 unspecified atom stereocenters. The lowest BCUT2D eigenvalue weighted by Crippen LogP contribution is -2.48. The van der Waals surface area contributed by atoms with Crippen LogP contribution in [0, 0.1) is 0 Å². The summed E-state index contributed by atoms with van der Waals surface area (Å²) in [5, 5.41) is 0. The summed E-state index contributed by atoms with van der Waals surface area (Å²) in [5.74, 6) is -0.264. The van der Waals surface area contributed by atoms with Gasteiger partial charge in [0.25, 0.3) is 5.91 Å². The van der Waals surface area contributed by atoms with Crippen LogP contribution in [-0.2, 0) is 16.2 Å². The number of carbonyl (C=O) groups is 1. The fourth-order valence-electron chi connectivity index (χ4n) is 3.62. The lowest BCUT2D eigenvalue weighted by atomic mass is 10.1. The van der Waals surface area contributed by atoms with Gasteiger partial charge in [0.2, 0.25) is 10.0 Å². The quantitative estimate of drug-likeness (QED) is 0.783. The van der Waals surface area contributed by atoms with E-state index in [-0.39, 0.29) is 12.5 Å². The van der Waals surface area contributed by atoms with Gasteiger partial charge in [-0.15, -0.1) is 0 Å². The standard InChI is InChI=1S/C18H15F3N2O3S/c19-18(20,21)12-5-3-6-13(11-12)27(25,26)23-10-4-9-22-16(23)14-7-1-2-8-15(14)17(22)24/h1-3,5-8,11,16H,4,9-10H2. The van der Waals surface area contributed by atoms with Crippen LogP contribution in [-0.4, -0.2) is 36.6 Å². The molecule has 2 heterocycles. The zero-order chi connectivity index (χ0) is 19.4. The van der Waals surface area contributed by atoms with Gasteiger partial charge in [0.15, 0.2) is 0 Å². The topological polar surface area (TPSA) is 57.7 Å². The van der Waals surface area contributed by atoms with E-state index in [1.807, 2.05) is 0 Å². The summed E-state index contributed by atoms with van der Waals surface area (Å²) in [5.41, 5.74) is -0.0493. The number of benzene rings is 2. The highest BCUT2D eigenvalue weighted by atomic mass is 32.2. The van der Waals surface area contributed by atoms with Crippen LogP contribution >= 0.6 is 0 Å². The first-order valence-corrected chi connectivity index (χ1v) is 9.74. The second-order valence-electron chi connectivity index (χ2n) is 6.45. The molecule has 9 heteroatoms. The van der Waals surface area contributed by atoms with E-state index in [1.165, 1.54) is 4.90 Å². The van der Waals surface area contributed by atoms with Gasteiger partial charge in [0.1, 0.15) is 6.17 Å². The fraction of sp³-hybridized carbons (Fsp3) is 0.278. The van der Waals surface area contributed by atoms with E-state index in [0.717, 1.165) is 22.5 Å². The average molecular weight is 396 g/mol. The van der Waals surface area contributed by atoms with Gasteiger partial charge in [0.05, 0.1) is 10.5 Å². The van der Waals surface area contributed by atoms with E-state index in [0.29, 0.717) is 30.2 Å². The maximum atomic E-state index is 13.1. The molecule has 5 nitrogen and oxygen atoms in total. The summed E-state index contributed by atoms with van der Waals surface area (Å²) in [6.07, 6.45) is -5.06. The fourth-order valence-corrected chi connectivity index (χ4v) is 5.28. The molecule has 4 rings (SSSR count). The van der Waals surface area contributed by atoms with E-state index in [2.05, 4.69) is 0 Å². The second kappa shape index (κ2) is 6.07. The number of sulfonamides is 1. The van der Waals surface area contributed by atoms with Crippen molar-refractivity contribution in [3.63, 3.8) is 0 Å². The third kappa shape index (κ3) is 2.81. The first-order valence-electron chi connectivity index (χ1n) is 8.30. The van der Waals surface area contributed by atoms with Crippen LogP contribution in [0.4, 0.5) is 13.2 Å². The van der Waals surface area contributed by atoms with Crippen molar-refractivity contribution >= 4 is 15.9 Å². The van der Waals surface area contributed by atoms with Crippen LogP contribution < -0.4 is 0 Å². The van der Waals surface area contributed by atoms with E-state index < -0.39 is 32.8 Å². The van der Waals surface area contributed by atoms with E-state index in [9.17, 15) is 26.4 Å². The highest BCUT2D eigenvalue weighted by Gasteiger charge is 2.46. The van der Waals surface area contributed by atoms with Gasteiger partial charge >= 0.3 is 6.18 Å². The van der Waals surface area contributed by atoms with Crippen LogP contribution in [0.2, 0.25) is 0 Å².